The number of anilines is 1. The van der Waals surface area contributed by atoms with Crippen molar-refractivity contribution in [1.29, 1.82) is 0 Å². The second-order valence-electron chi connectivity index (χ2n) is 6.17. The van der Waals surface area contributed by atoms with E-state index in [1.807, 2.05) is 0 Å². The maximum Gasteiger partial charge on any atom is 0.450 e. The van der Waals surface area contributed by atoms with E-state index in [1.165, 1.54) is 37.6 Å². The first-order chi connectivity index (χ1) is 12.7. The van der Waals surface area contributed by atoms with Gasteiger partial charge in [-0.05, 0) is 24.3 Å². The molecular weight excluding hydrogens is 361 g/mol. The van der Waals surface area contributed by atoms with Gasteiger partial charge >= 0.3 is 6.18 Å². The third-order valence-electron chi connectivity index (χ3n) is 3.90. The molecule has 0 aliphatic carbocycles. The summed E-state index contributed by atoms with van der Waals surface area (Å²) in [5.41, 5.74) is 0.597. The molecule has 0 saturated heterocycles. The molecule has 6 nitrogen and oxygen atoms in total. The van der Waals surface area contributed by atoms with Crippen LogP contribution in [-0.2, 0) is 11.0 Å². The van der Waals surface area contributed by atoms with Crippen LogP contribution in [0.15, 0.2) is 36.5 Å². The van der Waals surface area contributed by atoms with E-state index in [4.69, 9.17) is 4.74 Å². The van der Waals surface area contributed by atoms with Crippen molar-refractivity contribution in [3.8, 4) is 11.4 Å². The predicted octanol–water partition coefficient (Wildman–Crippen LogP) is 4.04. The number of rotatable bonds is 4. The van der Waals surface area contributed by atoms with Gasteiger partial charge in [0, 0.05) is 12.0 Å². The molecule has 0 unspecified atom stereocenters. The predicted molar refractivity (Wildman–Crippen MR) is 93.9 cm³/mol. The van der Waals surface area contributed by atoms with Gasteiger partial charge in [0.05, 0.1) is 30.0 Å². The molecule has 3 rings (SSSR count). The van der Waals surface area contributed by atoms with Crippen LogP contribution in [0.1, 0.15) is 19.7 Å². The van der Waals surface area contributed by atoms with Crippen LogP contribution in [0.3, 0.4) is 0 Å². The Morgan fingerprint density at radius 1 is 1.22 bits per heavy atom. The molecule has 0 saturated carbocycles. The lowest BCUT2D eigenvalue weighted by atomic mass is 10.2. The zero-order chi connectivity index (χ0) is 19.8. The molecule has 1 amide bonds. The first-order valence-corrected chi connectivity index (χ1v) is 8.11. The Balaban J connectivity index is 2.08. The highest BCUT2D eigenvalue weighted by molar-refractivity contribution is 5.91. The zero-order valence-corrected chi connectivity index (χ0v) is 14.8. The molecule has 0 fully saturated rings. The van der Waals surface area contributed by atoms with Crippen LogP contribution < -0.4 is 10.1 Å². The zero-order valence-electron chi connectivity index (χ0n) is 14.8. The van der Waals surface area contributed by atoms with Crippen molar-refractivity contribution >= 4 is 22.8 Å². The third-order valence-corrected chi connectivity index (χ3v) is 3.90. The van der Waals surface area contributed by atoms with Gasteiger partial charge in [-0.15, -0.1) is 0 Å². The van der Waals surface area contributed by atoms with E-state index in [9.17, 15) is 18.0 Å². The maximum absolute atomic E-state index is 13.5. The minimum Gasteiger partial charge on any atom is -0.497 e. The number of nitrogens with one attached hydrogen (secondary N) is 1. The number of nitrogens with zero attached hydrogens (tertiary/aromatic N) is 3. The summed E-state index contributed by atoms with van der Waals surface area (Å²) in [5.74, 6) is -0.864. The van der Waals surface area contributed by atoms with Gasteiger partial charge in [-0.3, -0.25) is 9.36 Å². The molecule has 0 aliphatic rings. The number of methoxy groups -OCH3 is 1. The van der Waals surface area contributed by atoms with E-state index in [-0.39, 0.29) is 34.4 Å². The van der Waals surface area contributed by atoms with Crippen molar-refractivity contribution in [2.75, 3.05) is 12.4 Å². The average molecular weight is 378 g/mol. The van der Waals surface area contributed by atoms with Crippen molar-refractivity contribution in [2.24, 2.45) is 5.92 Å². The molecule has 0 bridgehead atoms. The Morgan fingerprint density at radius 3 is 2.52 bits per heavy atom. The van der Waals surface area contributed by atoms with Gasteiger partial charge in [0.1, 0.15) is 11.6 Å². The number of imidazole rings is 1. The summed E-state index contributed by atoms with van der Waals surface area (Å²) in [6.07, 6.45) is -3.40. The van der Waals surface area contributed by atoms with Gasteiger partial charge in [0.15, 0.2) is 0 Å². The van der Waals surface area contributed by atoms with E-state index in [0.29, 0.717) is 5.75 Å². The summed E-state index contributed by atoms with van der Waals surface area (Å²) in [5, 5.41) is 2.60. The highest BCUT2D eigenvalue weighted by Crippen LogP contribution is 2.34. The largest absolute Gasteiger partial charge is 0.497 e. The molecule has 0 aliphatic heterocycles. The van der Waals surface area contributed by atoms with Crippen LogP contribution in [0.4, 0.5) is 19.0 Å². The number of pyridine rings is 1. The second kappa shape index (κ2) is 6.90. The summed E-state index contributed by atoms with van der Waals surface area (Å²) in [4.78, 5) is 19.5. The van der Waals surface area contributed by atoms with E-state index >= 15 is 0 Å². The molecule has 9 heteroatoms. The Bertz CT molecular complexity index is 979. The lowest BCUT2D eigenvalue weighted by Gasteiger charge is -2.12. The molecule has 0 spiro atoms. The molecule has 142 valence electrons. The summed E-state index contributed by atoms with van der Waals surface area (Å²) < 4.78 is 46.5. The van der Waals surface area contributed by atoms with Crippen molar-refractivity contribution in [1.82, 2.24) is 14.5 Å². The summed E-state index contributed by atoms with van der Waals surface area (Å²) in [6, 6.07) is 7.40. The fourth-order valence-corrected chi connectivity index (χ4v) is 2.50. The number of benzene rings is 1. The van der Waals surface area contributed by atoms with Crippen LogP contribution in [-0.4, -0.2) is 27.6 Å². The highest BCUT2D eigenvalue weighted by Gasteiger charge is 2.38. The van der Waals surface area contributed by atoms with Crippen LogP contribution in [0.5, 0.6) is 5.75 Å². The number of ether oxygens (including phenoxy) is 1. The molecule has 2 heterocycles. The number of fused-ring (bicyclic) bond motifs is 1. The minimum absolute atomic E-state index is 0.152. The van der Waals surface area contributed by atoms with E-state index in [0.717, 1.165) is 4.57 Å². The minimum atomic E-state index is -4.66. The number of hydrogen-bond acceptors (Lipinski definition) is 4. The standard InChI is InChI=1S/C18H17F3N4O2/c1-10(2)16(26)24-15-7-4-11(9-22-15)25-14-6-5-12(27-3)8-13(14)23-17(25)18(19,20)21/h4-10H,1-3H3,(H,22,24,26). The van der Waals surface area contributed by atoms with Gasteiger partial charge in [0.25, 0.3) is 0 Å². The average Bonchev–Trinajstić information content (AvgIpc) is 3.01. The van der Waals surface area contributed by atoms with E-state index in [2.05, 4.69) is 15.3 Å². The first-order valence-electron chi connectivity index (χ1n) is 8.11. The van der Waals surface area contributed by atoms with Crippen LogP contribution >= 0.6 is 0 Å². The fourth-order valence-electron chi connectivity index (χ4n) is 2.50. The molecule has 27 heavy (non-hydrogen) atoms. The smallest absolute Gasteiger partial charge is 0.450 e. The van der Waals surface area contributed by atoms with Crippen molar-refractivity contribution in [2.45, 2.75) is 20.0 Å². The Hall–Kier alpha value is -3.10. The van der Waals surface area contributed by atoms with Crippen LogP contribution in [0.2, 0.25) is 0 Å². The summed E-state index contributed by atoms with van der Waals surface area (Å²) in [7, 11) is 1.43. The van der Waals surface area contributed by atoms with Crippen molar-refractivity contribution in [3.05, 3.63) is 42.4 Å². The maximum atomic E-state index is 13.5. The van der Waals surface area contributed by atoms with Gasteiger partial charge in [0.2, 0.25) is 11.7 Å². The van der Waals surface area contributed by atoms with Crippen molar-refractivity contribution in [3.63, 3.8) is 0 Å². The number of alkyl halides is 3. The van der Waals surface area contributed by atoms with Gasteiger partial charge < -0.3 is 10.1 Å². The molecule has 2 aromatic heterocycles. The molecular formula is C18H17F3N4O2. The highest BCUT2D eigenvalue weighted by atomic mass is 19.4. The normalized spacial score (nSPS) is 11.8. The Labute approximate surface area is 153 Å². The van der Waals surface area contributed by atoms with Crippen LogP contribution in [0, 0.1) is 5.92 Å². The van der Waals surface area contributed by atoms with E-state index < -0.39 is 12.0 Å². The van der Waals surface area contributed by atoms with Crippen molar-refractivity contribution < 1.29 is 22.7 Å². The number of carbonyl (C=O) groups is 1. The number of halogens is 3. The molecule has 1 N–H and O–H groups in total. The molecule has 0 atom stereocenters. The number of aromatic nitrogens is 3. The monoisotopic (exact) mass is 378 g/mol. The van der Waals surface area contributed by atoms with E-state index in [1.54, 1.807) is 19.9 Å². The van der Waals surface area contributed by atoms with Gasteiger partial charge in [-0.25, -0.2) is 9.97 Å². The number of carbonyl (C=O) groups excluding carboxylic acids is 1. The SMILES string of the molecule is COc1ccc2c(c1)nc(C(F)(F)F)n2-c1ccc(NC(=O)C(C)C)nc1. The lowest BCUT2D eigenvalue weighted by molar-refractivity contribution is -0.145. The molecule has 1 aromatic carbocycles. The lowest BCUT2D eigenvalue weighted by Crippen LogP contribution is -2.18. The number of hydrogen-bond donors (Lipinski definition) is 1. The fraction of sp³-hybridized carbons (Fsp3) is 0.278. The topological polar surface area (TPSA) is 69.0 Å². The van der Waals surface area contributed by atoms with Gasteiger partial charge in [-0.2, -0.15) is 13.2 Å². The second-order valence-corrected chi connectivity index (χ2v) is 6.17. The summed E-state index contributed by atoms with van der Waals surface area (Å²) in [6.45, 7) is 3.45. The quantitative estimate of drug-likeness (QED) is 0.744. The Kier molecular flexibility index (Phi) is 4.77. The Morgan fingerprint density at radius 2 is 1.96 bits per heavy atom. The number of amides is 1. The summed E-state index contributed by atoms with van der Waals surface area (Å²) >= 11 is 0. The first kappa shape index (κ1) is 18.7. The van der Waals surface area contributed by atoms with Crippen LogP contribution in [0.25, 0.3) is 16.7 Å². The van der Waals surface area contributed by atoms with Gasteiger partial charge in [-0.1, -0.05) is 13.8 Å². The third kappa shape index (κ3) is 3.71. The molecule has 3 aromatic rings. The molecule has 0 radical (unpaired) electrons.